The third-order valence-corrected chi connectivity index (χ3v) is 5.52. The lowest BCUT2D eigenvalue weighted by Crippen LogP contribution is -2.37. The first-order valence-corrected chi connectivity index (χ1v) is 9.88. The summed E-state index contributed by atoms with van der Waals surface area (Å²) in [6.45, 7) is 5.67. The van der Waals surface area contributed by atoms with Crippen molar-refractivity contribution in [1.29, 1.82) is 0 Å². The average molecular weight is 423 g/mol. The molecule has 9 nitrogen and oxygen atoms in total. The SMILES string of the molecule is CCn1nc(Cl)c2cnc(Nc3cn(C4CCN(C(C)=O)CC4)nc3Cl)nc21. The molecule has 0 unspecified atom stereocenters. The van der Waals surface area contributed by atoms with Crippen LogP contribution in [0.4, 0.5) is 11.6 Å². The van der Waals surface area contributed by atoms with E-state index >= 15 is 0 Å². The summed E-state index contributed by atoms with van der Waals surface area (Å²) < 4.78 is 3.58. The van der Waals surface area contributed by atoms with E-state index in [0.717, 1.165) is 25.9 Å². The predicted molar refractivity (Wildman–Crippen MR) is 107 cm³/mol. The summed E-state index contributed by atoms with van der Waals surface area (Å²) in [5.74, 6) is 0.505. The number of aromatic nitrogens is 6. The summed E-state index contributed by atoms with van der Waals surface area (Å²) >= 11 is 12.4. The molecule has 1 aliphatic rings. The monoisotopic (exact) mass is 422 g/mol. The fourth-order valence-corrected chi connectivity index (χ4v) is 3.82. The highest BCUT2D eigenvalue weighted by Crippen LogP contribution is 2.29. The smallest absolute Gasteiger partial charge is 0.229 e. The van der Waals surface area contributed by atoms with Gasteiger partial charge in [-0.25, -0.2) is 9.67 Å². The fourth-order valence-electron chi connectivity index (χ4n) is 3.41. The molecule has 1 aliphatic heterocycles. The molecule has 0 bridgehead atoms. The van der Waals surface area contributed by atoms with E-state index in [1.165, 1.54) is 0 Å². The van der Waals surface area contributed by atoms with Crippen molar-refractivity contribution in [3.8, 4) is 0 Å². The maximum absolute atomic E-state index is 11.5. The zero-order valence-corrected chi connectivity index (χ0v) is 17.1. The van der Waals surface area contributed by atoms with Gasteiger partial charge < -0.3 is 10.2 Å². The van der Waals surface area contributed by atoms with E-state index in [9.17, 15) is 4.79 Å². The van der Waals surface area contributed by atoms with Crippen molar-refractivity contribution in [2.75, 3.05) is 18.4 Å². The van der Waals surface area contributed by atoms with Gasteiger partial charge in [-0.2, -0.15) is 15.2 Å². The van der Waals surface area contributed by atoms with Crippen molar-refractivity contribution in [1.82, 2.24) is 34.4 Å². The largest absolute Gasteiger partial charge is 0.343 e. The second-order valence-corrected chi connectivity index (χ2v) is 7.43. The molecule has 3 aromatic rings. The maximum atomic E-state index is 11.5. The first kappa shape index (κ1) is 18.9. The molecule has 0 radical (unpaired) electrons. The Kier molecular flexibility index (Phi) is 5.11. The number of amides is 1. The highest BCUT2D eigenvalue weighted by molar-refractivity contribution is 6.34. The van der Waals surface area contributed by atoms with Crippen LogP contribution in [0.1, 0.15) is 32.7 Å². The van der Waals surface area contributed by atoms with E-state index in [1.54, 1.807) is 17.8 Å². The molecule has 0 aromatic carbocycles. The Morgan fingerprint density at radius 3 is 2.68 bits per heavy atom. The Bertz CT molecular complexity index is 1020. The van der Waals surface area contributed by atoms with Crippen LogP contribution in [-0.2, 0) is 11.3 Å². The fraction of sp³-hybridized carbons (Fsp3) is 0.471. The van der Waals surface area contributed by atoms with Gasteiger partial charge in [0.25, 0.3) is 0 Å². The number of hydrogen-bond acceptors (Lipinski definition) is 6. The van der Waals surface area contributed by atoms with Crippen LogP contribution < -0.4 is 5.32 Å². The Morgan fingerprint density at radius 1 is 1.25 bits per heavy atom. The van der Waals surface area contributed by atoms with Crippen LogP contribution in [0.3, 0.4) is 0 Å². The molecular formula is C17H20Cl2N8O. The number of piperidine rings is 1. The van der Waals surface area contributed by atoms with Crippen LogP contribution in [0, 0.1) is 0 Å². The highest BCUT2D eigenvalue weighted by atomic mass is 35.5. The zero-order valence-electron chi connectivity index (χ0n) is 15.6. The Hall–Kier alpha value is -2.39. The normalized spacial score (nSPS) is 15.4. The lowest BCUT2D eigenvalue weighted by Gasteiger charge is -2.31. The van der Waals surface area contributed by atoms with Crippen molar-refractivity contribution in [3.05, 3.63) is 22.7 Å². The zero-order chi connectivity index (χ0) is 19.8. The molecule has 1 N–H and O–H groups in total. The van der Waals surface area contributed by atoms with Crippen molar-refractivity contribution in [2.45, 2.75) is 39.3 Å². The third kappa shape index (κ3) is 3.51. The van der Waals surface area contributed by atoms with Gasteiger partial charge in [-0.1, -0.05) is 23.2 Å². The van der Waals surface area contributed by atoms with Crippen LogP contribution in [0.5, 0.6) is 0 Å². The molecule has 0 spiro atoms. The second kappa shape index (κ2) is 7.56. The number of nitrogens with one attached hydrogen (secondary N) is 1. The third-order valence-electron chi connectivity index (χ3n) is 4.96. The topological polar surface area (TPSA) is 93.8 Å². The number of nitrogens with zero attached hydrogens (tertiary/aromatic N) is 7. The molecule has 28 heavy (non-hydrogen) atoms. The van der Waals surface area contributed by atoms with E-state index in [4.69, 9.17) is 23.2 Å². The summed E-state index contributed by atoms with van der Waals surface area (Å²) in [7, 11) is 0. The number of likely N-dealkylation sites (tertiary alicyclic amines) is 1. The molecule has 4 rings (SSSR count). The molecule has 0 atom stereocenters. The number of rotatable bonds is 4. The van der Waals surface area contributed by atoms with Crippen molar-refractivity contribution in [3.63, 3.8) is 0 Å². The summed E-state index contributed by atoms with van der Waals surface area (Å²) in [5.41, 5.74) is 1.29. The number of fused-ring (bicyclic) bond motifs is 1. The quantitative estimate of drug-likeness (QED) is 0.692. The van der Waals surface area contributed by atoms with E-state index in [2.05, 4.69) is 25.5 Å². The summed E-state index contributed by atoms with van der Waals surface area (Å²) in [6.07, 6.45) is 5.18. The Labute approximate surface area is 171 Å². The minimum absolute atomic E-state index is 0.110. The van der Waals surface area contributed by atoms with Gasteiger partial charge in [-0.3, -0.25) is 9.48 Å². The molecule has 11 heteroatoms. The van der Waals surface area contributed by atoms with Gasteiger partial charge in [0, 0.05) is 32.8 Å². The lowest BCUT2D eigenvalue weighted by molar-refractivity contribution is -0.130. The number of carbonyl (C=O) groups is 1. The first-order valence-electron chi connectivity index (χ1n) is 9.12. The van der Waals surface area contributed by atoms with E-state index in [-0.39, 0.29) is 11.9 Å². The van der Waals surface area contributed by atoms with Crippen molar-refractivity contribution in [2.24, 2.45) is 0 Å². The second-order valence-electron chi connectivity index (χ2n) is 6.71. The van der Waals surface area contributed by atoms with Crippen LogP contribution in [0.2, 0.25) is 10.3 Å². The average Bonchev–Trinajstić information content (AvgIpc) is 3.21. The first-order chi connectivity index (χ1) is 13.5. The van der Waals surface area contributed by atoms with Gasteiger partial charge in [0.2, 0.25) is 11.9 Å². The molecule has 1 saturated heterocycles. The molecule has 1 fully saturated rings. The van der Waals surface area contributed by atoms with Crippen LogP contribution in [0.15, 0.2) is 12.4 Å². The lowest BCUT2D eigenvalue weighted by atomic mass is 10.1. The summed E-state index contributed by atoms with van der Waals surface area (Å²) in [4.78, 5) is 22.2. The minimum atomic E-state index is 0.110. The van der Waals surface area contributed by atoms with Gasteiger partial charge in [0.1, 0.15) is 0 Å². The molecule has 0 saturated carbocycles. The van der Waals surface area contributed by atoms with Gasteiger partial charge >= 0.3 is 0 Å². The molecule has 1 amide bonds. The predicted octanol–water partition coefficient (Wildman–Crippen LogP) is 3.28. The van der Waals surface area contributed by atoms with E-state index in [1.807, 2.05) is 22.7 Å². The van der Waals surface area contributed by atoms with E-state index in [0.29, 0.717) is 39.5 Å². The number of anilines is 2. The van der Waals surface area contributed by atoms with Crippen LogP contribution in [-0.4, -0.2) is 53.4 Å². The van der Waals surface area contributed by atoms with Gasteiger partial charge in [-0.05, 0) is 19.8 Å². The van der Waals surface area contributed by atoms with Crippen LogP contribution >= 0.6 is 23.2 Å². The molecular weight excluding hydrogens is 403 g/mol. The molecule has 0 aliphatic carbocycles. The maximum Gasteiger partial charge on any atom is 0.229 e. The van der Waals surface area contributed by atoms with Crippen molar-refractivity contribution >= 4 is 51.8 Å². The van der Waals surface area contributed by atoms with Crippen molar-refractivity contribution < 1.29 is 4.79 Å². The number of aryl methyl sites for hydroxylation is 1. The van der Waals surface area contributed by atoms with E-state index < -0.39 is 0 Å². The summed E-state index contributed by atoms with van der Waals surface area (Å²) in [5, 5.41) is 13.2. The van der Waals surface area contributed by atoms with Gasteiger partial charge in [0.15, 0.2) is 16.0 Å². The van der Waals surface area contributed by atoms with Crippen LogP contribution in [0.25, 0.3) is 11.0 Å². The number of carbonyl (C=O) groups excluding carboxylic acids is 1. The number of hydrogen-bond donors (Lipinski definition) is 1. The minimum Gasteiger partial charge on any atom is -0.343 e. The Balaban J connectivity index is 1.53. The molecule has 148 valence electrons. The Morgan fingerprint density at radius 2 is 2.00 bits per heavy atom. The number of halogens is 2. The van der Waals surface area contributed by atoms with Gasteiger partial charge in [0.05, 0.1) is 23.3 Å². The van der Waals surface area contributed by atoms with Gasteiger partial charge in [-0.15, -0.1) is 0 Å². The highest BCUT2D eigenvalue weighted by Gasteiger charge is 2.23. The molecule has 3 aromatic heterocycles. The molecule has 4 heterocycles. The summed E-state index contributed by atoms with van der Waals surface area (Å²) in [6, 6.07) is 0.201. The standard InChI is InChI=1S/C17H20Cl2N8O/c1-3-26-16-12(14(18)23-26)8-20-17(22-16)21-13-9-27(24-15(13)19)11-4-6-25(7-5-11)10(2)28/h8-9,11H,3-7H2,1-2H3,(H,20,21,22).